The molecule has 0 aliphatic carbocycles. The van der Waals surface area contributed by atoms with Gasteiger partial charge in [-0.25, -0.2) is 0 Å². The van der Waals surface area contributed by atoms with Crippen LogP contribution in [0.25, 0.3) is 0 Å². The van der Waals surface area contributed by atoms with Crippen LogP contribution in [0.2, 0.25) is 0 Å². The van der Waals surface area contributed by atoms with Crippen molar-refractivity contribution in [3.05, 3.63) is 58.7 Å². The monoisotopic (exact) mass is 337 g/mol. The highest BCUT2D eigenvalue weighted by molar-refractivity contribution is 6.00. The third-order valence-corrected chi connectivity index (χ3v) is 4.74. The Balaban J connectivity index is 1.75. The minimum atomic E-state index is -0.437. The fourth-order valence-electron chi connectivity index (χ4n) is 3.32. The minimum absolute atomic E-state index is 0.0314. The van der Waals surface area contributed by atoms with E-state index in [9.17, 15) is 9.59 Å². The fraction of sp³-hybridized carbons (Fsp3) is 0.333. The molecule has 0 aromatic heterocycles. The normalized spacial score (nSPS) is 17.0. The number of esters is 1. The van der Waals surface area contributed by atoms with Crippen LogP contribution in [0.1, 0.15) is 28.7 Å². The van der Waals surface area contributed by atoms with E-state index in [4.69, 9.17) is 4.74 Å². The second-order valence-electron chi connectivity index (χ2n) is 6.87. The van der Waals surface area contributed by atoms with E-state index in [2.05, 4.69) is 0 Å². The Labute approximate surface area is 148 Å². The lowest BCUT2D eigenvalue weighted by molar-refractivity contribution is -0.139. The first kappa shape index (κ1) is 17.2. The number of rotatable bonds is 3. The average Bonchev–Trinajstić information content (AvgIpc) is 2.91. The van der Waals surface area contributed by atoms with Crippen molar-refractivity contribution in [1.82, 2.24) is 0 Å². The van der Waals surface area contributed by atoms with E-state index in [1.807, 2.05) is 64.1 Å². The highest BCUT2D eigenvalue weighted by Crippen LogP contribution is 2.30. The second kappa shape index (κ2) is 6.71. The molecule has 0 unspecified atom stereocenters. The van der Waals surface area contributed by atoms with Crippen molar-refractivity contribution >= 4 is 17.6 Å². The third kappa shape index (κ3) is 3.58. The molecule has 1 aliphatic heterocycles. The van der Waals surface area contributed by atoms with E-state index in [-0.39, 0.29) is 18.3 Å². The molecule has 130 valence electrons. The Hall–Kier alpha value is -2.62. The number of carbonyl (C=O) groups excluding carboxylic acids is 2. The third-order valence-electron chi connectivity index (χ3n) is 4.74. The topological polar surface area (TPSA) is 46.6 Å². The summed E-state index contributed by atoms with van der Waals surface area (Å²) < 4.78 is 5.53. The first-order valence-electron chi connectivity index (χ1n) is 8.51. The molecule has 2 aromatic carbocycles. The molecule has 1 atom stereocenters. The Morgan fingerprint density at radius 1 is 1.08 bits per heavy atom. The lowest BCUT2D eigenvalue weighted by atomic mass is 10.1. The maximum atomic E-state index is 12.5. The molecule has 25 heavy (non-hydrogen) atoms. The Bertz CT molecular complexity index is 821. The minimum Gasteiger partial charge on any atom is -0.426 e. The average molecular weight is 337 g/mol. The molecule has 0 bridgehead atoms. The summed E-state index contributed by atoms with van der Waals surface area (Å²) in [6, 6.07) is 11.6. The molecule has 1 saturated heterocycles. The van der Waals surface area contributed by atoms with Crippen molar-refractivity contribution in [3.63, 3.8) is 0 Å². The standard InChI is InChI=1S/C21H23NO3/c1-13-8-14(2)10-18(9-13)25-21(24)17-11-20(23)22(12-17)19-7-5-6-15(3)16(19)4/h5-10,17H,11-12H2,1-4H3/t17-/m1/s1. The van der Waals surface area contributed by atoms with Crippen LogP contribution in [0, 0.1) is 33.6 Å². The van der Waals surface area contributed by atoms with E-state index in [0.717, 1.165) is 27.9 Å². The van der Waals surface area contributed by atoms with Crippen LogP contribution in [0.15, 0.2) is 36.4 Å². The lowest BCUT2D eigenvalue weighted by Gasteiger charge is -2.20. The molecule has 3 rings (SSSR count). The van der Waals surface area contributed by atoms with Gasteiger partial charge in [-0.1, -0.05) is 18.2 Å². The highest BCUT2D eigenvalue weighted by atomic mass is 16.5. The summed E-state index contributed by atoms with van der Waals surface area (Å²) in [5.74, 6) is -0.268. The highest BCUT2D eigenvalue weighted by Gasteiger charge is 2.37. The molecule has 1 amide bonds. The summed E-state index contributed by atoms with van der Waals surface area (Å²) in [4.78, 5) is 26.6. The molecule has 4 heteroatoms. The van der Waals surface area contributed by atoms with Crippen LogP contribution in [0.4, 0.5) is 5.69 Å². The van der Waals surface area contributed by atoms with Gasteiger partial charge in [-0.2, -0.15) is 0 Å². The van der Waals surface area contributed by atoms with Gasteiger partial charge >= 0.3 is 5.97 Å². The summed E-state index contributed by atoms with van der Waals surface area (Å²) >= 11 is 0. The predicted octanol–water partition coefficient (Wildman–Crippen LogP) is 3.88. The Kier molecular flexibility index (Phi) is 4.62. The zero-order valence-electron chi connectivity index (χ0n) is 15.1. The van der Waals surface area contributed by atoms with Gasteiger partial charge in [-0.05, 0) is 68.1 Å². The summed E-state index contributed by atoms with van der Waals surface area (Å²) in [5, 5.41) is 0. The maximum Gasteiger partial charge on any atom is 0.316 e. The molecule has 1 fully saturated rings. The van der Waals surface area contributed by atoms with Gasteiger partial charge in [0.2, 0.25) is 5.91 Å². The van der Waals surface area contributed by atoms with Crippen molar-refractivity contribution in [2.75, 3.05) is 11.4 Å². The first-order valence-corrected chi connectivity index (χ1v) is 8.51. The van der Waals surface area contributed by atoms with E-state index in [1.165, 1.54) is 0 Å². The number of carbonyl (C=O) groups is 2. The summed E-state index contributed by atoms with van der Waals surface area (Å²) in [5.41, 5.74) is 5.17. The quantitative estimate of drug-likeness (QED) is 0.631. The SMILES string of the molecule is Cc1cc(C)cc(OC(=O)[C@@H]2CC(=O)N(c3cccc(C)c3C)C2)c1. The number of aryl methyl sites for hydroxylation is 3. The van der Waals surface area contributed by atoms with E-state index >= 15 is 0 Å². The number of hydrogen-bond donors (Lipinski definition) is 0. The van der Waals surface area contributed by atoms with Crippen molar-refractivity contribution < 1.29 is 14.3 Å². The van der Waals surface area contributed by atoms with Gasteiger partial charge in [0.1, 0.15) is 5.75 Å². The molecule has 4 nitrogen and oxygen atoms in total. The van der Waals surface area contributed by atoms with Crippen LogP contribution in [0.3, 0.4) is 0 Å². The van der Waals surface area contributed by atoms with E-state index < -0.39 is 5.92 Å². The number of anilines is 1. The molecular formula is C21H23NO3. The molecule has 1 aliphatic rings. The van der Waals surface area contributed by atoms with E-state index in [0.29, 0.717) is 12.3 Å². The number of hydrogen-bond acceptors (Lipinski definition) is 3. The molecule has 0 radical (unpaired) electrons. The van der Waals surface area contributed by atoms with Gasteiger partial charge < -0.3 is 9.64 Å². The molecule has 2 aromatic rings. The van der Waals surface area contributed by atoms with E-state index in [1.54, 1.807) is 4.90 Å². The number of ether oxygens (including phenoxy) is 1. The molecule has 0 spiro atoms. The summed E-state index contributed by atoms with van der Waals surface area (Å²) in [6.45, 7) is 8.31. The number of nitrogens with zero attached hydrogens (tertiary/aromatic N) is 1. The Morgan fingerprint density at radius 3 is 2.44 bits per heavy atom. The van der Waals surface area contributed by atoms with Crippen LogP contribution in [-0.2, 0) is 9.59 Å². The zero-order valence-corrected chi connectivity index (χ0v) is 15.1. The number of benzene rings is 2. The van der Waals surface area contributed by atoms with Gasteiger partial charge in [0.05, 0.1) is 5.92 Å². The summed E-state index contributed by atoms with van der Waals surface area (Å²) in [7, 11) is 0. The summed E-state index contributed by atoms with van der Waals surface area (Å²) in [6.07, 6.45) is 0.191. The van der Waals surface area contributed by atoms with Gasteiger partial charge in [-0.15, -0.1) is 0 Å². The van der Waals surface area contributed by atoms with Gasteiger partial charge in [0.15, 0.2) is 0 Å². The predicted molar refractivity (Wildman–Crippen MR) is 97.9 cm³/mol. The number of amides is 1. The molecule has 1 heterocycles. The largest absolute Gasteiger partial charge is 0.426 e. The van der Waals surface area contributed by atoms with Gasteiger partial charge in [0.25, 0.3) is 0 Å². The van der Waals surface area contributed by atoms with Gasteiger partial charge in [-0.3, -0.25) is 9.59 Å². The molecular weight excluding hydrogens is 314 g/mol. The smallest absolute Gasteiger partial charge is 0.316 e. The molecule has 0 N–H and O–H groups in total. The van der Waals surface area contributed by atoms with Crippen molar-refractivity contribution in [3.8, 4) is 5.75 Å². The maximum absolute atomic E-state index is 12.5. The first-order chi connectivity index (χ1) is 11.8. The Morgan fingerprint density at radius 2 is 1.76 bits per heavy atom. The van der Waals surface area contributed by atoms with Crippen molar-refractivity contribution in [2.45, 2.75) is 34.1 Å². The second-order valence-corrected chi connectivity index (χ2v) is 6.87. The van der Waals surface area contributed by atoms with Crippen LogP contribution < -0.4 is 9.64 Å². The van der Waals surface area contributed by atoms with Crippen molar-refractivity contribution in [2.24, 2.45) is 5.92 Å². The van der Waals surface area contributed by atoms with Crippen LogP contribution in [-0.4, -0.2) is 18.4 Å². The molecule has 0 saturated carbocycles. The van der Waals surface area contributed by atoms with Gasteiger partial charge in [0, 0.05) is 18.7 Å². The van der Waals surface area contributed by atoms with Crippen LogP contribution >= 0.6 is 0 Å². The lowest BCUT2D eigenvalue weighted by Crippen LogP contribution is -2.28. The zero-order chi connectivity index (χ0) is 18.1. The van der Waals surface area contributed by atoms with Crippen molar-refractivity contribution in [1.29, 1.82) is 0 Å². The fourth-order valence-corrected chi connectivity index (χ4v) is 3.32. The van der Waals surface area contributed by atoms with Crippen LogP contribution in [0.5, 0.6) is 5.75 Å².